The van der Waals surface area contributed by atoms with Gasteiger partial charge in [0.15, 0.2) is 0 Å². The number of likely N-dealkylation sites (tertiary alicyclic amines) is 1. The van der Waals surface area contributed by atoms with Gasteiger partial charge < -0.3 is 15.4 Å². The maximum Gasteiger partial charge on any atom is 0.233 e. The van der Waals surface area contributed by atoms with Crippen LogP contribution in [0.25, 0.3) is 0 Å². The van der Waals surface area contributed by atoms with Gasteiger partial charge in [-0.3, -0.25) is 4.79 Å². The molecular formula is C19H27ClN2O2. The molecule has 2 N–H and O–H groups in total. The second-order valence-electron chi connectivity index (χ2n) is 7.22. The molecular weight excluding hydrogens is 324 g/mol. The summed E-state index contributed by atoms with van der Waals surface area (Å²) < 4.78 is 5.55. The topological polar surface area (TPSA) is 55.6 Å². The Morgan fingerprint density at radius 1 is 1.42 bits per heavy atom. The van der Waals surface area contributed by atoms with Crippen LogP contribution in [0.4, 0.5) is 0 Å². The molecule has 0 spiro atoms. The Morgan fingerprint density at radius 3 is 2.83 bits per heavy atom. The molecule has 2 unspecified atom stereocenters. The molecule has 0 bridgehead atoms. The number of nitrogens with zero attached hydrogens (tertiary/aromatic N) is 1. The van der Waals surface area contributed by atoms with E-state index in [9.17, 15) is 4.79 Å². The molecule has 0 aromatic heterocycles. The van der Waals surface area contributed by atoms with E-state index in [2.05, 4.69) is 0 Å². The normalized spacial score (nSPS) is 25.3. The quantitative estimate of drug-likeness (QED) is 0.911. The fourth-order valence-electron chi connectivity index (χ4n) is 4.06. The molecule has 0 aliphatic carbocycles. The Kier molecular flexibility index (Phi) is 5.48. The zero-order chi connectivity index (χ0) is 17.2. The first kappa shape index (κ1) is 17.7. The first-order valence-corrected chi connectivity index (χ1v) is 9.29. The van der Waals surface area contributed by atoms with E-state index in [1.165, 1.54) is 0 Å². The van der Waals surface area contributed by atoms with Gasteiger partial charge in [-0.25, -0.2) is 0 Å². The molecule has 2 fully saturated rings. The lowest BCUT2D eigenvalue weighted by Crippen LogP contribution is -2.54. The lowest BCUT2D eigenvalue weighted by molar-refractivity contribution is -0.143. The van der Waals surface area contributed by atoms with Gasteiger partial charge in [-0.2, -0.15) is 0 Å². The molecule has 2 saturated heterocycles. The number of hydrogen-bond acceptors (Lipinski definition) is 3. The number of hydrogen-bond donors (Lipinski definition) is 1. The van der Waals surface area contributed by atoms with E-state index in [1.807, 2.05) is 36.1 Å². The van der Waals surface area contributed by atoms with Crippen LogP contribution < -0.4 is 5.73 Å². The first-order valence-electron chi connectivity index (χ1n) is 8.92. The summed E-state index contributed by atoms with van der Waals surface area (Å²) in [4.78, 5) is 15.6. The molecule has 132 valence electrons. The minimum Gasteiger partial charge on any atom is -0.381 e. The highest BCUT2D eigenvalue weighted by Crippen LogP contribution is 2.38. The number of amides is 1. The molecule has 2 aliphatic heterocycles. The van der Waals surface area contributed by atoms with E-state index in [-0.39, 0.29) is 11.9 Å². The van der Waals surface area contributed by atoms with Gasteiger partial charge in [0.1, 0.15) is 0 Å². The standard InChI is InChI=1S/C19H27ClN2O2/c1-14(21)15-4-3-9-22(13-15)18(23)19(7-10-24-11-8-19)16-5-2-6-17(20)12-16/h2,5-6,12,14-15H,3-4,7-11,13,21H2,1H3. The molecule has 1 aromatic carbocycles. The SMILES string of the molecule is CC(N)C1CCCN(C(=O)C2(c3cccc(Cl)c3)CCOCC2)C1. The summed E-state index contributed by atoms with van der Waals surface area (Å²) in [6.07, 6.45) is 3.56. The molecule has 4 nitrogen and oxygen atoms in total. The van der Waals surface area contributed by atoms with Crippen LogP contribution in [0.5, 0.6) is 0 Å². The molecule has 0 saturated carbocycles. The van der Waals surface area contributed by atoms with Crippen molar-refractivity contribution in [1.82, 2.24) is 4.90 Å². The van der Waals surface area contributed by atoms with Crippen LogP contribution in [0, 0.1) is 5.92 Å². The second kappa shape index (κ2) is 7.42. The van der Waals surface area contributed by atoms with Gasteiger partial charge in [-0.1, -0.05) is 23.7 Å². The largest absolute Gasteiger partial charge is 0.381 e. The van der Waals surface area contributed by atoms with Crippen molar-refractivity contribution < 1.29 is 9.53 Å². The minimum atomic E-state index is -0.511. The molecule has 0 radical (unpaired) electrons. The van der Waals surface area contributed by atoms with Crippen LogP contribution in [0.1, 0.15) is 38.2 Å². The molecule has 24 heavy (non-hydrogen) atoms. The number of halogens is 1. The van der Waals surface area contributed by atoms with Crippen LogP contribution in [-0.2, 0) is 14.9 Å². The average molecular weight is 351 g/mol. The van der Waals surface area contributed by atoms with Gasteiger partial charge in [0, 0.05) is 37.4 Å². The van der Waals surface area contributed by atoms with Gasteiger partial charge in [-0.05, 0) is 56.2 Å². The smallest absolute Gasteiger partial charge is 0.233 e. The molecule has 1 aromatic rings. The maximum atomic E-state index is 13.5. The van der Waals surface area contributed by atoms with E-state index in [0.717, 1.165) is 31.5 Å². The van der Waals surface area contributed by atoms with E-state index < -0.39 is 5.41 Å². The van der Waals surface area contributed by atoms with Crippen molar-refractivity contribution >= 4 is 17.5 Å². The van der Waals surface area contributed by atoms with Crippen LogP contribution >= 0.6 is 11.6 Å². The summed E-state index contributed by atoms with van der Waals surface area (Å²) in [5.41, 5.74) is 6.61. The van der Waals surface area contributed by atoms with Crippen molar-refractivity contribution in [2.45, 2.75) is 44.1 Å². The average Bonchev–Trinajstić information content (AvgIpc) is 2.61. The number of benzene rings is 1. The van der Waals surface area contributed by atoms with Gasteiger partial charge in [0.2, 0.25) is 5.91 Å². The molecule has 2 heterocycles. The first-order chi connectivity index (χ1) is 11.5. The van der Waals surface area contributed by atoms with Crippen molar-refractivity contribution in [1.29, 1.82) is 0 Å². The Morgan fingerprint density at radius 2 is 2.17 bits per heavy atom. The molecule has 5 heteroatoms. The fraction of sp³-hybridized carbons (Fsp3) is 0.632. The third kappa shape index (κ3) is 3.46. The minimum absolute atomic E-state index is 0.123. The lowest BCUT2D eigenvalue weighted by atomic mass is 9.72. The van der Waals surface area contributed by atoms with E-state index in [1.54, 1.807) is 0 Å². The summed E-state index contributed by atoms with van der Waals surface area (Å²) in [7, 11) is 0. The predicted molar refractivity (Wildman–Crippen MR) is 96.1 cm³/mol. The monoisotopic (exact) mass is 350 g/mol. The van der Waals surface area contributed by atoms with Crippen molar-refractivity contribution in [2.24, 2.45) is 11.7 Å². The number of ether oxygens (including phenoxy) is 1. The third-order valence-corrected chi connectivity index (χ3v) is 5.86. The van der Waals surface area contributed by atoms with Crippen LogP contribution in [0.15, 0.2) is 24.3 Å². The van der Waals surface area contributed by atoms with Gasteiger partial charge >= 0.3 is 0 Å². The number of piperidine rings is 1. The van der Waals surface area contributed by atoms with Crippen molar-refractivity contribution in [3.05, 3.63) is 34.9 Å². The van der Waals surface area contributed by atoms with Gasteiger partial charge in [0.05, 0.1) is 5.41 Å². The second-order valence-corrected chi connectivity index (χ2v) is 7.65. The summed E-state index contributed by atoms with van der Waals surface area (Å²) in [6, 6.07) is 7.89. The number of carbonyl (C=O) groups is 1. The molecule has 2 atom stereocenters. The lowest BCUT2D eigenvalue weighted by Gasteiger charge is -2.43. The molecule has 3 rings (SSSR count). The van der Waals surface area contributed by atoms with Gasteiger partial charge in [0.25, 0.3) is 0 Å². The predicted octanol–water partition coefficient (Wildman–Crippen LogP) is 2.97. The molecule has 2 aliphatic rings. The van der Waals surface area contributed by atoms with E-state index >= 15 is 0 Å². The molecule has 1 amide bonds. The fourth-order valence-corrected chi connectivity index (χ4v) is 4.25. The van der Waals surface area contributed by atoms with Crippen LogP contribution in [0.2, 0.25) is 5.02 Å². The number of nitrogens with two attached hydrogens (primary N) is 1. The Balaban J connectivity index is 1.89. The van der Waals surface area contributed by atoms with Crippen molar-refractivity contribution in [3.8, 4) is 0 Å². The maximum absolute atomic E-state index is 13.5. The van der Waals surface area contributed by atoms with Crippen molar-refractivity contribution in [2.75, 3.05) is 26.3 Å². The number of rotatable bonds is 3. The van der Waals surface area contributed by atoms with Crippen molar-refractivity contribution in [3.63, 3.8) is 0 Å². The summed E-state index contributed by atoms with van der Waals surface area (Å²) in [6.45, 7) is 4.86. The summed E-state index contributed by atoms with van der Waals surface area (Å²) in [5.74, 6) is 0.609. The Bertz CT molecular complexity index is 584. The van der Waals surface area contributed by atoms with E-state index in [0.29, 0.717) is 37.0 Å². The van der Waals surface area contributed by atoms with Crippen LogP contribution in [0.3, 0.4) is 0 Å². The third-order valence-electron chi connectivity index (χ3n) is 5.62. The van der Waals surface area contributed by atoms with Crippen LogP contribution in [-0.4, -0.2) is 43.2 Å². The number of carbonyl (C=O) groups excluding carboxylic acids is 1. The van der Waals surface area contributed by atoms with Gasteiger partial charge in [-0.15, -0.1) is 0 Å². The highest BCUT2D eigenvalue weighted by atomic mass is 35.5. The Labute approximate surface area is 149 Å². The zero-order valence-corrected chi connectivity index (χ0v) is 15.1. The highest BCUT2D eigenvalue weighted by molar-refractivity contribution is 6.30. The highest BCUT2D eigenvalue weighted by Gasteiger charge is 2.45. The Hall–Kier alpha value is -1.10. The zero-order valence-electron chi connectivity index (χ0n) is 14.3. The van der Waals surface area contributed by atoms with E-state index in [4.69, 9.17) is 22.1 Å². The summed E-state index contributed by atoms with van der Waals surface area (Å²) in [5, 5.41) is 0.679. The summed E-state index contributed by atoms with van der Waals surface area (Å²) >= 11 is 6.21.